The highest BCUT2D eigenvalue weighted by Crippen LogP contribution is 2.08. The lowest BCUT2D eigenvalue weighted by molar-refractivity contribution is 0.151. The van der Waals surface area contributed by atoms with Gasteiger partial charge in [0.25, 0.3) is 0 Å². The largest absolute Gasteiger partial charge is 0.494 e. The number of aliphatic hydroxyl groups excluding tert-OH is 1. The van der Waals surface area contributed by atoms with Gasteiger partial charge in [-0.2, -0.15) is 0 Å². The zero-order chi connectivity index (χ0) is 11.8. The lowest BCUT2D eigenvalue weighted by Gasteiger charge is -2.22. The third-order valence-corrected chi connectivity index (χ3v) is 2.68. The molecule has 0 saturated carbocycles. The number of ether oxygens (including phenoxy) is 1. The molecule has 1 aromatic rings. The van der Waals surface area contributed by atoms with Gasteiger partial charge in [-0.3, -0.25) is 0 Å². The Kier molecular flexibility index (Phi) is 5.90. The molecule has 1 atom stereocenters. The van der Waals surface area contributed by atoms with Gasteiger partial charge in [-0.05, 0) is 32.5 Å². The van der Waals surface area contributed by atoms with Crippen molar-refractivity contribution >= 4 is 0 Å². The Morgan fingerprint density at radius 3 is 2.62 bits per heavy atom. The van der Waals surface area contributed by atoms with E-state index in [0.717, 1.165) is 18.7 Å². The average Bonchev–Trinajstić information content (AvgIpc) is 2.34. The zero-order valence-corrected chi connectivity index (χ0v) is 10.1. The summed E-state index contributed by atoms with van der Waals surface area (Å²) in [7, 11) is 2.02. The Labute approximate surface area is 97.7 Å². The Morgan fingerprint density at radius 1 is 1.31 bits per heavy atom. The van der Waals surface area contributed by atoms with E-state index in [9.17, 15) is 0 Å². The highest BCUT2D eigenvalue weighted by Gasteiger charge is 2.06. The van der Waals surface area contributed by atoms with Crippen molar-refractivity contribution in [1.29, 1.82) is 0 Å². The van der Waals surface area contributed by atoms with Crippen LogP contribution in [0.3, 0.4) is 0 Å². The molecule has 0 spiro atoms. The Balaban J connectivity index is 2.13. The topological polar surface area (TPSA) is 32.7 Å². The van der Waals surface area contributed by atoms with Crippen molar-refractivity contribution in [3.05, 3.63) is 30.3 Å². The predicted molar refractivity (Wildman–Crippen MR) is 65.7 cm³/mol. The normalized spacial score (nSPS) is 12.8. The maximum Gasteiger partial charge on any atom is 0.119 e. The van der Waals surface area contributed by atoms with Gasteiger partial charge in [0.15, 0.2) is 0 Å². The Morgan fingerprint density at radius 2 is 2.00 bits per heavy atom. The van der Waals surface area contributed by atoms with Crippen LogP contribution in [0.5, 0.6) is 5.75 Å². The number of likely N-dealkylation sites (N-methyl/N-ethyl adjacent to an activating group) is 1. The van der Waals surface area contributed by atoms with E-state index < -0.39 is 0 Å². The maximum atomic E-state index is 8.97. The van der Waals surface area contributed by atoms with Crippen LogP contribution < -0.4 is 4.74 Å². The molecule has 1 aromatic carbocycles. The average molecular weight is 223 g/mol. The summed E-state index contributed by atoms with van der Waals surface area (Å²) in [6.07, 6.45) is 0.968. The summed E-state index contributed by atoms with van der Waals surface area (Å²) < 4.78 is 5.58. The molecule has 0 saturated heterocycles. The summed E-state index contributed by atoms with van der Waals surface area (Å²) in [5.74, 6) is 0.917. The van der Waals surface area contributed by atoms with E-state index in [1.807, 2.05) is 44.3 Å². The van der Waals surface area contributed by atoms with Gasteiger partial charge in [0.05, 0.1) is 13.2 Å². The standard InChI is InChI=1S/C13H21NO2/c1-12(11-15)14(2)9-6-10-16-13-7-4-3-5-8-13/h3-5,7-8,12,15H,6,9-11H2,1-2H3. The fourth-order valence-corrected chi connectivity index (χ4v) is 1.38. The first-order chi connectivity index (χ1) is 7.74. The van der Waals surface area contributed by atoms with E-state index in [4.69, 9.17) is 9.84 Å². The van der Waals surface area contributed by atoms with Crippen LogP contribution in [-0.4, -0.2) is 42.9 Å². The van der Waals surface area contributed by atoms with Gasteiger partial charge in [0, 0.05) is 12.6 Å². The number of nitrogens with zero attached hydrogens (tertiary/aromatic N) is 1. The summed E-state index contributed by atoms with van der Waals surface area (Å²) in [5, 5.41) is 8.97. The molecule has 0 aliphatic carbocycles. The van der Waals surface area contributed by atoms with Crippen LogP contribution in [0.15, 0.2) is 30.3 Å². The van der Waals surface area contributed by atoms with Crippen LogP contribution in [0.2, 0.25) is 0 Å². The van der Waals surface area contributed by atoms with Crippen molar-refractivity contribution in [3.63, 3.8) is 0 Å². The number of para-hydroxylation sites is 1. The minimum absolute atomic E-state index is 0.204. The summed E-state index contributed by atoms with van der Waals surface area (Å²) >= 11 is 0. The summed E-state index contributed by atoms with van der Waals surface area (Å²) in [5.41, 5.74) is 0. The SMILES string of the molecule is CC(CO)N(C)CCCOc1ccccc1. The van der Waals surface area contributed by atoms with Crippen molar-refractivity contribution in [2.45, 2.75) is 19.4 Å². The molecule has 0 aromatic heterocycles. The predicted octanol–water partition coefficient (Wildman–Crippen LogP) is 1.77. The first-order valence-corrected chi connectivity index (χ1v) is 5.73. The van der Waals surface area contributed by atoms with Gasteiger partial charge < -0.3 is 14.7 Å². The summed E-state index contributed by atoms with van der Waals surface area (Å²) in [6, 6.07) is 10.0. The van der Waals surface area contributed by atoms with E-state index in [1.54, 1.807) is 0 Å². The monoisotopic (exact) mass is 223 g/mol. The van der Waals surface area contributed by atoms with Crippen molar-refractivity contribution in [1.82, 2.24) is 4.90 Å². The van der Waals surface area contributed by atoms with Crippen molar-refractivity contribution < 1.29 is 9.84 Å². The van der Waals surface area contributed by atoms with Crippen LogP contribution in [0.25, 0.3) is 0 Å². The molecule has 1 rings (SSSR count). The van der Waals surface area contributed by atoms with E-state index in [2.05, 4.69) is 4.90 Å². The van der Waals surface area contributed by atoms with Crippen LogP contribution in [0, 0.1) is 0 Å². The van der Waals surface area contributed by atoms with Gasteiger partial charge >= 0.3 is 0 Å². The summed E-state index contributed by atoms with van der Waals surface area (Å²) in [4.78, 5) is 2.13. The lowest BCUT2D eigenvalue weighted by Crippen LogP contribution is -2.33. The number of benzene rings is 1. The highest BCUT2D eigenvalue weighted by molar-refractivity contribution is 5.20. The molecule has 0 radical (unpaired) electrons. The number of hydrogen-bond donors (Lipinski definition) is 1. The lowest BCUT2D eigenvalue weighted by atomic mass is 10.3. The molecule has 0 amide bonds. The Bertz CT molecular complexity index is 277. The fraction of sp³-hybridized carbons (Fsp3) is 0.538. The molecular weight excluding hydrogens is 202 g/mol. The van der Waals surface area contributed by atoms with E-state index in [0.29, 0.717) is 6.61 Å². The molecule has 90 valence electrons. The molecular formula is C13H21NO2. The second kappa shape index (κ2) is 7.25. The zero-order valence-electron chi connectivity index (χ0n) is 10.1. The second-order valence-electron chi connectivity index (χ2n) is 4.03. The molecule has 0 bridgehead atoms. The van der Waals surface area contributed by atoms with Crippen LogP contribution in [-0.2, 0) is 0 Å². The molecule has 0 aliphatic heterocycles. The van der Waals surface area contributed by atoms with Crippen LogP contribution in [0.1, 0.15) is 13.3 Å². The molecule has 3 nitrogen and oxygen atoms in total. The molecule has 0 heterocycles. The molecule has 0 aliphatic rings. The van der Waals surface area contributed by atoms with E-state index >= 15 is 0 Å². The van der Waals surface area contributed by atoms with Gasteiger partial charge in [-0.1, -0.05) is 18.2 Å². The minimum atomic E-state index is 0.204. The van der Waals surface area contributed by atoms with Gasteiger partial charge in [0.1, 0.15) is 5.75 Å². The third kappa shape index (κ3) is 4.64. The van der Waals surface area contributed by atoms with Crippen LogP contribution in [0.4, 0.5) is 0 Å². The van der Waals surface area contributed by atoms with Crippen LogP contribution >= 0.6 is 0 Å². The van der Waals surface area contributed by atoms with Gasteiger partial charge in [0.2, 0.25) is 0 Å². The Hall–Kier alpha value is -1.06. The first kappa shape index (κ1) is 13.0. The number of aliphatic hydroxyl groups is 1. The third-order valence-electron chi connectivity index (χ3n) is 2.68. The second-order valence-corrected chi connectivity index (χ2v) is 4.03. The van der Waals surface area contributed by atoms with E-state index in [1.165, 1.54) is 0 Å². The maximum absolute atomic E-state index is 8.97. The van der Waals surface area contributed by atoms with Gasteiger partial charge in [-0.15, -0.1) is 0 Å². The fourth-order valence-electron chi connectivity index (χ4n) is 1.38. The molecule has 1 unspecified atom stereocenters. The minimum Gasteiger partial charge on any atom is -0.494 e. The van der Waals surface area contributed by atoms with Crippen molar-refractivity contribution in [2.24, 2.45) is 0 Å². The highest BCUT2D eigenvalue weighted by atomic mass is 16.5. The molecule has 1 N–H and O–H groups in total. The van der Waals surface area contributed by atoms with E-state index in [-0.39, 0.29) is 12.6 Å². The van der Waals surface area contributed by atoms with Crippen molar-refractivity contribution in [2.75, 3.05) is 26.8 Å². The van der Waals surface area contributed by atoms with Crippen molar-refractivity contribution in [3.8, 4) is 5.75 Å². The molecule has 3 heteroatoms. The molecule has 16 heavy (non-hydrogen) atoms. The van der Waals surface area contributed by atoms with Gasteiger partial charge in [-0.25, -0.2) is 0 Å². The summed E-state index contributed by atoms with van der Waals surface area (Å²) in [6.45, 7) is 3.87. The quantitative estimate of drug-likeness (QED) is 0.715. The smallest absolute Gasteiger partial charge is 0.119 e. The first-order valence-electron chi connectivity index (χ1n) is 5.73. The molecule has 0 fully saturated rings. The number of rotatable bonds is 7. The number of hydrogen-bond acceptors (Lipinski definition) is 3.